The Balaban J connectivity index is 1.87. The molecule has 16 heteroatoms. The summed E-state index contributed by atoms with van der Waals surface area (Å²) in [6.07, 6.45) is -10.3. The van der Waals surface area contributed by atoms with Gasteiger partial charge in [-0.3, -0.25) is 10.1 Å². The number of rotatable bonds is 11. The van der Waals surface area contributed by atoms with Crippen LogP contribution in [0.2, 0.25) is 0 Å². The molecule has 0 N–H and O–H groups in total. The average molecular weight is 626 g/mol. The summed E-state index contributed by atoms with van der Waals surface area (Å²) >= 11 is 0. The van der Waals surface area contributed by atoms with E-state index in [-0.39, 0.29) is 18.1 Å². The van der Waals surface area contributed by atoms with E-state index in [9.17, 15) is 40.8 Å². The van der Waals surface area contributed by atoms with Crippen LogP contribution in [0.15, 0.2) is 71.7 Å². The lowest BCUT2D eigenvalue weighted by molar-refractivity contribution is -0.384. The Morgan fingerprint density at radius 1 is 1.05 bits per heavy atom. The highest BCUT2D eigenvalue weighted by atomic mass is 19.4. The van der Waals surface area contributed by atoms with E-state index >= 15 is 0 Å². The van der Waals surface area contributed by atoms with Crippen molar-refractivity contribution in [2.75, 3.05) is 0 Å². The number of benzene rings is 2. The maximum atomic E-state index is 14.7. The molecule has 2 aromatic carbocycles. The normalized spacial score (nSPS) is 13.4. The summed E-state index contributed by atoms with van der Waals surface area (Å²) < 4.78 is 115. The first-order valence-electron chi connectivity index (χ1n) is 12.6. The quantitative estimate of drug-likeness (QED) is 0.0708. The summed E-state index contributed by atoms with van der Waals surface area (Å²) in [4.78, 5) is 14.1. The van der Waals surface area contributed by atoms with Gasteiger partial charge in [-0.2, -0.15) is 26.3 Å². The summed E-state index contributed by atoms with van der Waals surface area (Å²) in [5.74, 6) is -4.80. The summed E-state index contributed by atoms with van der Waals surface area (Å²) in [6.45, 7) is 4.28. The first kappa shape index (κ1) is 32.1. The molecule has 1 unspecified atom stereocenters. The van der Waals surface area contributed by atoms with E-state index in [1.807, 2.05) is 0 Å². The van der Waals surface area contributed by atoms with Crippen LogP contribution in [0.3, 0.4) is 0 Å². The third-order valence-electron chi connectivity index (χ3n) is 6.16. The van der Waals surface area contributed by atoms with Gasteiger partial charge in [-0.25, -0.2) is 9.37 Å². The van der Waals surface area contributed by atoms with Crippen molar-refractivity contribution in [2.45, 2.75) is 44.3 Å². The van der Waals surface area contributed by atoms with E-state index in [4.69, 9.17) is 13.9 Å². The number of aromatic nitrogens is 3. The number of allylic oxidation sites excluding steroid dienone is 1. The van der Waals surface area contributed by atoms with Crippen LogP contribution in [0.25, 0.3) is 11.6 Å². The Hall–Kier alpha value is -4.86. The Morgan fingerprint density at radius 2 is 1.75 bits per heavy atom. The molecule has 2 heterocycles. The highest BCUT2D eigenvalue weighted by molar-refractivity contribution is 5.65. The van der Waals surface area contributed by atoms with Crippen LogP contribution in [0.1, 0.15) is 35.4 Å². The molecule has 0 radical (unpaired) electrons. The number of halogens is 7. The van der Waals surface area contributed by atoms with E-state index < -0.39 is 82.1 Å². The summed E-state index contributed by atoms with van der Waals surface area (Å²) in [5, 5.41) is 18.7. The molecule has 0 aliphatic carbocycles. The van der Waals surface area contributed by atoms with Gasteiger partial charge in [-0.1, -0.05) is 36.4 Å². The van der Waals surface area contributed by atoms with E-state index in [0.29, 0.717) is 5.56 Å². The molecular weight excluding hydrogens is 605 g/mol. The number of aryl methyl sites for hydroxylation is 1. The smallest absolute Gasteiger partial charge is 0.426 e. The first-order chi connectivity index (χ1) is 20.6. The van der Waals surface area contributed by atoms with Gasteiger partial charge in [-0.15, -0.1) is 16.8 Å². The molecule has 0 saturated carbocycles. The number of ether oxygens (including phenoxy) is 2. The van der Waals surface area contributed by atoms with Crippen molar-refractivity contribution < 1.29 is 49.5 Å². The van der Waals surface area contributed by atoms with Crippen LogP contribution in [0, 0.1) is 22.9 Å². The van der Waals surface area contributed by atoms with Gasteiger partial charge in [0, 0.05) is 12.1 Å². The number of nitro groups is 1. The molecule has 9 nitrogen and oxygen atoms in total. The Morgan fingerprint density at radius 3 is 2.34 bits per heavy atom. The van der Waals surface area contributed by atoms with E-state index in [1.54, 1.807) is 18.2 Å². The molecule has 0 amide bonds. The third-order valence-corrected chi connectivity index (χ3v) is 6.16. The van der Waals surface area contributed by atoms with Crippen LogP contribution >= 0.6 is 0 Å². The molecule has 0 spiro atoms. The number of alkyl halides is 6. The lowest BCUT2D eigenvalue weighted by Crippen LogP contribution is -2.45. The molecule has 232 valence electrons. The zero-order valence-corrected chi connectivity index (χ0v) is 22.6. The fourth-order valence-corrected chi connectivity index (χ4v) is 4.09. The second-order valence-electron chi connectivity index (χ2n) is 9.37. The lowest BCUT2D eigenvalue weighted by Gasteiger charge is -2.32. The molecular formula is C28H21F7N4O5. The number of nitrogens with zero attached hydrogens (tertiary/aromatic N) is 4. The Kier molecular flexibility index (Phi) is 9.03. The SMILES string of the molecule is C=CCCC(OCc1ccccc1)(c1nnc(-c2nc(Oc3cc(C)cc(F)c3)c(C(F)(F)F)cc2[N+](=O)[O-])o1)C(F)(F)F. The predicted molar refractivity (Wildman–Crippen MR) is 139 cm³/mol. The minimum Gasteiger partial charge on any atom is -0.438 e. The van der Waals surface area contributed by atoms with Gasteiger partial charge in [0.05, 0.1) is 11.5 Å². The summed E-state index contributed by atoms with van der Waals surface area (Å²) in [6, 6.07) is 10.8. The van der Waals surface area contributed by atoms with E-state index in [0.717, 1.165) is 18.2 Å². The molecule has 44 heavy (non-hydrogen) atoms. The van der Waals surface area contributed by atoms with Crippen molar-refractivity contribution in [3.63, 3.8) is 0 Å². The van der Waals surface area contributed by atoms with Crippen molar-refractivity contribution in [2.24, 2.45) is 0 Å². The molecule has 0 saturated heterocycles. The minimum absolute atomic E-state index is 0.0499. The largest absolute Gasteiger partial charge is 0.438 e. The average Bonchev–Trinajstić information content (AvgIpc) is 3.42. The zero-order valence-electron chi connectivity index (χ0n) is 22.6. The van der Waals surface area contributed by atoms with Gasteiger partial charge in [-0.05, 0) is 43.0 Å². The Labute approximate surface area is 244 Å². The van der Waals surface area contributed by atoms with Crippen LogP contribution < -0.4 is 4.74 Å². The molecule has 4 aromatic rings. The molecule has 0 fully saturated rings. The van der Waals surface area contributed by atoms with Gasteiger partial charge in [0.2, 0.25) is 17.2 Å². The molecule has 0 aliphatic heterocycles. The minimum atomic E-state index is -5.25. The fraction of sp³-hybridized carbons (Fsp3) is 0.250. The standard InChI is InChI=1S/C28H21F7N4O5/c1-3-4-10-26(28(33,34)35,42-15-17-8-6-5-7-9-17)25-38-37-24(44-25)22-21(39(40)41)14-20(27(30,31)32)23(36-22)43-19-12-16(2)11-18(29)13-19/h3,5-9,11-14H,1,4,10,15H2,2H3. The highest BCUT2D eigenvalue weighted by Crippen LogP contribution is 2.47. The van der Waals surface area contributed by atoms with Crippen molar-refractivity contribution in [1.29, 1.82) is 0 Å². The van der Waals surface area contributed by atoms with Crippen molar-refractivity contribution >= 4 is 5.69 Å². The Bertz CT molecular complexity index is 1640. The molecule has 1 atom stereocenters. The highest BCUT2D eigenvalue weighted by Gasteiger charge is 2.61. The van der Waals surface area contributed by atoms with Crippen LogP contribution in [-0.4, -0.2) is 26.3 Å². The lowest BCUT2D eigenvalue weighted by atomic mass is 9.96. The summed E-state index contributed by atoms with van der Waals surface area (Å²) in [7, 11) is 0. The maximum absolute atomic E-state index is 14.7. The van der Waals surface area contributed by atoms with Gasteiger partial charge in [0.25, 0.3) is 11.8 Å². The van der Waals surface area contributed by atoms with E-state index in [2.05, 4.69) is 21.8 Å². The third kappa shape index (κ3) is 6.85. The number of hydrogen-bond acceptors (Lipinski definition) is 8. The van der Waals surface area contributed by atoms with Gasteiger partial charge < -0.3 is 13.9 Å². The fourth-order valence-electron chi connectivity index (χ4n) is 4.09. The molecule has 4 rings (SSSR count). The van der Waals surface area contributed by atoms with Crippen LogP contribution in [0.5, 0.6) is 11.6 Å². The van der Waals surface area contributed by atoms with Crippen molar-refractivity contribution in [1.82, 2.24) is 15.2 Å². The monoisotopic (exact) mass is 626 g/mol. The van der Waals surface area contributed by atoms with E-state index in [1.165, 1.54) is 25.1 Å². The molecule has 2 aromatic heterocycles. The molecule has 0 aliphatic rings. The van der Waals surface area contributed by atoms with Crippen molar-refractivity contribution in [3.8, 4) is 23.2 Å². The van der Waals surface area contributed by atoms with Crippen LogP contribution in [0.4, 0.5) is 36.4 Å². The summed E-state index contributed by atoms with van der Waals surface area (Å²) in [5.41, 5.74) is -6.72. The first-order valence-corrected chi connectivity index (χ1v) is 12.6. The molecule has 0 bridgehead atoms. The van der Waals surface area contributed by atoms with Gasteiger partial charge in [0.1, 0.15) is 17.1 Å². The maximum Gasteiger partial charge on any atom is 0.426 e. The van der Waals surface area contributed by atoms with Crippen LogP contribution in [-0.2, 0) is 23.1 Å². The topological polar surface area (TPSA) is 113 Å². The number of hydrogen-bond donors (Lipinski definition) is 0. The van der Waals surface area contributed by atoms with Crippen molar-refractivity contribution in [3.05, 3.63) is 106 Å². The number of pyridine rings is 1. The zero-order chi connectivity index (χ0) is 32.3. The predicted octanol–water partition coefficient (Wildman–Crippen LogP) is 8.24. The second-order valence-corrected chi connectivity index (χ2v) is 9.37. The van der Waals surface area contributed by atoms with Gasteiger partial charge in [0.15, 0.2) is 0 Å². The second kappa shape index (κ2) is 12.4. The van der Waals surface area contributed by atoms with Gasteiger partial charge >= 0.3 is 18.0 Å².